The van der Waals surface area contributed by atoms with Gasteiger partial charge in [0.05, 0.1) is 6.54 Å². The number of alkyl carbamates (subject to hydrolysis) is 2. The summed E-state index contributed by atoms with van der Waals surface area (Å²) in [6.45, 7) is 16.1. The van der Waals surface area contributed by atoms with Crippen LogP contribution in [0, 0.1) is 0 Å². The second kappa shape index (κ2) is 17.0. The molecule has 38 heavy (non-hydrogen) atoms. The Kier molecular flexibility index (Phi) is 14.9. The van der Waals surface area contributed by atoms with Crippen LogP contribution in [-0.4, -0.2) is 67.0 Å². The van der Waals surface area contributed by atoms with E-state index < -0.39 is 35.5 Å². The summed E-state index contributed by atoms with van der Waals surface area (Å²) in [6, 6.07) is 6.22. The summed E-state index contributed by atoms with van der Waals surface area (Å²) >= 11 is 0. The Bertz CT molecular complexity index is 1020. The van der Waals surface area contributed by atoms with Gasteiger partial charge in [0.1, 0.15) is 25.6 Å². The van der Waals surface area contributed by atoms with Gasteiger partial charge in [-0.05, 0) is 58.2 Å². The molecule has 0 bridgehead atoms. The molecule has 0 atom stereocenters. The Hall–Kier alpha value is -4.61. The summed E-state index contributed by atoms with van der Waals surface area (Å²) in [4.78, 5) is 56.4. The number of hydrogen-bond donors (Lipinski definition) is 3. The Labute approximate surface area is 221 Å². The average Bonchev–Trinajstić information content (AvgIpc) is 2.84. The van der Waals surface area contributed by atoms with E-state index in [1.807, 2.05) is 0 Å². The van der Waals surface area contributed by atoms with Gasteiger partial charge in [0.2, 0.25) is 5.78 Å². The topological polar surface area (TPSA) is 167 Å². The van der Waals surface area contributed by atoms with Crippen LogP contribution in [0.5, 0.6) is 5.75 Å². The fourth-order valence-electron chi connectivity index (χ4n) is 2.21. The maximum Gasteiger partial charge on any atom is 0.412 e. The molecule has 0 aliphatic carbocycles. The molecule has 12 heteroatoms. The van der Waals surface area contributed by atoms with Crippen molar-refractivity contribution < 1.29 is 48.0 Å². The first kappa shape index (κ1) is 33.4. The molecule has 0 radical (unpaired) electrons. The Morgan fingerprint density at radius 1 is 0.921 bits per heavy atom. The molecule has 0 aliphatic heterocycles. The van der Waals surface area contributed by atoms with Crippen molar-refractivity contribution in [2.45, 2.75) is 33.3 Å². The summed E-state index contributed by atoms with van der Waals surface area (Å²) in [5.74, 6) is -1.40. The lowest BCUT2D eigenvalue weighted by Gasteiger charge is -2.23. The standard InChI is InChI=1S/C22H28N2O8.C4H6O2/c1-6-23-21(28)32-22(4,5)18(25)16-7-9-17(10-8-16)29-13-14-31-20(27)24-11-12-30-19(26)15(2)3;1-3(2)4(5)6/h6-10H,1-2,11-14H2,3-5H3,(H,23,28)(H,24,27);1H2,2H3,(H,5,6). The highest BCUT2D eigenvalue weighted by Crippen LogP contribution is 2.20. The number of ketones is 1. The van der Waals surface area contributed by atoms with Crippen LogP contribution in [0.4, 0.5) is 9.59 Å². The Morgan fingerprint density at radius 3 is 2.00 bits per heavy atom. The van der Waals surface area contributed by atoms with Gasteiger partial charge in [0, 0.05) is 16.7 Å². The van der Waals surface area contributed by atoms with Crippen molar-refractivity contribution >= 4 is 29.9 Å². The Balaban J connectivity index is 0.00000203. The molecule has 12 nitrogen and oxygen atoms in total. The molecule has 208 valence electrons. The third-order valence-electron chi connectivity index (χ3n) is 4.13. The molecule has 1 aromatic carbocycles. The van der Waals surface area contributed by atoms with E-state index in [0.717, 1.165) is 6.20 Å². The quantitative estimate of drug-likeness (QED) is 0.112. The number of carboxylic acid groups (broad SMARTS) is 1. The van der Waals surface area contributed by atoms with Gasteiger partial charge in [-0.3, -0.25) is 10.1 Å². The van der Waals surface area contributed by atoms with Crippen molar-refractivity contribution in [1.29, 1.82) is 0 Å². The molecule has 0 fully saturated rings. The molecule has 0 heterocycles. The third kappa shape index (κ3) is 14.1. The van der Waals surface area contributed by atoms with Crippen LogP contribution in [0.1, 0.15) is 38.1 Å². The van der Waals surface area contributed by atoms with Crippen LogP contribution >= 0.6 is 0 Å². The van der Waals surface area contributed by atoms with E-state index in [9.17, 15) is 24.0 Å². The van der Waals surface area contributed by atoms with Crippen molar-refractivity contribution in [3.05, 3.63) is 66.9 Å². The largest absolute Gasteiger partial charge is 0.490 e. The third-order valence-corrected chi connectivity index (χ3v) is 4.13. The predicted octanol–water partition coefficient (Wildman–Crippen LogP) is 3.39. The maximum absolute atomic E-state index is 12.6. The number of ether oxygens (including phenoxy) is 4. The minimum Gasteiger partial charge on any atom is -0.490 e. The lowest BCUT2D eigenvalue weighted by atomic mass is 9.96. The molecule has 2 amide bonds. The molecule has 0 aromatic heterocycles. The van der Waals surface area contributed by atoms with Crippen molar-refractivity contribution in [2.24, 2.45) is 0 Å². The zero-order valence-corrected chi connectivity index (χ0v) is 22.0. The van der Waals surface area contributed by atoms with Crippen molar-refractivity contribution in [1.82, 2.24) is 10.6 Å². The summed E-state index contributed by atoms with van der Waals surface area (Å²) in [7, 11) is 0. The molecule has 0 unspecified atom stereocenters. The first-order valence-corrected chi connectivity index (χ1v) is 11.2. The number of esters is 1. The number of carbonyl (C=O) groups is 5. The van der Waals surface area contributed by atoms with Gasteiger partial charge in [-0.1, -0.05) is 19.7 Å². The fourth-order valence-corrected chi connectivity index (χ4v) is 2.21. The zero-order valence-electron chi connectivity index (χ0n) is 22.0. The van der Waals surface area contributed by atoms with Gasteiger partial charge in [0.15, 0.2) is 5.60 Å². The summed E-state index contributed by atoms with van der Waals surface area (Å²) < 4.78 is 20.3. The van der Waals surface area contributed by atoms with Crippen molar-refractivity contribution in [2.75, 3.05) is 26.4 Å². The van der Waals surface area contributed by atoms with Crippen LogP contribution in [0.15, 0.2) is 61.3 Å². The normalized spacial score (nSPS) is 9.89. The average molecular weight is 535 g/mol. The fraction of sp³-hybridized carbons (Fsp3) is 0.346. The second-order valence-corrected chi connectivity index (χ2v) is 8.01. The number of hydrogen-bond acceptors (Lipinski definition) is 9. The first-order valence-electron chi connectivity index (χ1n) is 11.2. The number of Topliss-reactive ketones (excluding diaryl/α,β-unsaturated/α-hetero) is 1. The summed E-state index contributed by atoms with van der Waals surface area (Å²) in [6.07, 6.45) is -0.303. The van der Waals surface area contributed by atoms with E-state index in [0.29, 0.717) is 11.3 Å². The lowest BCUT2D eigenvalue weighted by Crippen LogP contribution is -2.39. The highest BCUT2D eigenvalue weighted by atomic mass is 16.6. The van der Waals surface area contributed by atoms with Gasteiger partial charge in [-0.15, -0.1) is 0 Å². The van der Waals surface area contributed by atoms with E-state index in [-0.39, 0.29) is 37.5 Å². The Morgan fingerprint density at radius 2 is 1.50 bits per heavy atom. The van der Waals surface area contributed by atoms with E-state index in [2.05, 4.69) is 30.4 Å². The molecule has 3 N–H and O–H groups in total. The van der Waals surface area contributed by atoms with Crippen LogP contribution < -0.4 is 15.4 Å². The molecular weight excluding hydrogens is 500 g/mol. The number of benzene rings is 1. The van der Waals surface area contributed by atoms with Crippen molar-refractivity contribution in [3.63, 3.8) is 0 Å². The monoisotopic (exact) mass is 534 g/mol. The van der Waals surface area contributed by atoms with E-state index in [4.69, 9.17) is 24.1 Å². The number of amides is 2. The van der Waals surface area contributed by atoms with Gasteiger partial charge in [0.25, 0.3) is 0 Å². The number of rotatable bonds is 13. The summed E-state index contributed by atoms with van der Waals surface area (Å²) in [5.41, 5.74) is -0.596. The van der Waals surface area contributed by atoms with Gasteiger partial charge in [-0.2, -0.15) is 0 Å². The maximum atomic E-state index is 12.6. The molecule has 0 saturated carbocycles. The first-order chi connectivity index (χ1) is 17.7. The minimum absolute atomic E-state index is 0.00311. The SMILES string of the molecule is C=C(C)C(=O)O.C=CNC(=O)OC(C)(C)C(=O)c1ccc(OCCOC(=O)NCCOC(=O)C(=C)C)cc1. The van der Waals surface area contributed by atoms with E-state index >= 15 is 0 Å². The second-order valence-electron chi connectivity index (χ2n) is 8.01. The smallest absolute Gasteiger partial charge is 0.412 e. The van der Waals surface area contributed by atoms with Crippen LogP contribution in [-0.2, 0) is 23.8 Å². The van der Waals surface area contributed by atoms with Gasteiger partial charge < -0.3 is 29.4 Å². The lowest BCUT2D eigenvalue weighted by molar-refractivity contribution is -0.138. The number of nitrogens with one attached hydrogen (secondary N) is 2. The predicted molar refractivity (Wildman–Crippen MR) is 138 cm³/mol. The summed E-state index contributed by atoms with van der Waals surface area (Å²) in [5, 5.41) is 12.6. The molecular formula is C26H34N2O10. The van der Waals surface area contributed by atoms with Crippen LogP contribution in [0.25, 0.3) is 0 Å². The van der Waals surface area contributed by atoms with Crippen LogP contribution in [0.2, 0.25) is 0 Å². The van der Waals surface area contributed by atoms with E-state index in [1.165, 1.54) is 39.8 Å². The highest BCUT2D eigenvalue weighted by molar-refractivity contribution is 6.03. The number of carbonyl (C=O) groups excluding carboxylic acids is 4. The molecule has 0 aliphatic rings. The van der Waals surface area contributed by atoms with E-state index in [1.54, 1.807) is 12.1 Å². The van der Waals surface area contributed by atoms with Crippen molar-refractivity contribution in [3.8, 4) is 5.75 Å². The number of aliphatic carboxylic acids is 1. The van der Waals surface area contributed by atoms with Gasteiger partial charge >= 0.3 is 24.1 Å². The molecule has 0 saturated heterocycles. The molecule has 1 rings (SSSR count). The van der Waals surface area contributed by atoms with Gasteiger partial charge in [-0.25, -0.2) is 19.2 Å². The minimum atomic E-state index is -1.38. The highest BCUT2D eigenvalue weighted by Gasteiger charge is 2.32. The number of carboxylic acids is 1. The van der Waals surface area contributed by atoms with Crippen LogP contribution in [0.3, 0.4) is 0 Å². The zero-order chi connectivity index (χ0) is 29.3. The molecule has 0 spiro atoms. The molecule has 1 aromatic rings.